The van der Waals surface area contributed by atoms with E-state index >= 15 is 0 Å². The van der Waals surface area contributed by atoms with Crippen molar-refractivity contribution in [3.8, 4) is 0 Å². The molecule has 138 valence electrons. The number of aromatic nitrogens is 1. The van der Waals surface area contributed by atoms with Gasteiger partial charge in [-0.1, -0.05) is 25.1 Å². The predicted molar refractivity (Wildman–Crippen MR) is 104 cm³/mol. The largest absolute Gasteiger partial charge is 0.376 e. The van der Waals surface area contributed by atoms with Crippen LogP contribution in [0.4, 0.5) is 5.82 Å². The summed E-state index contributed by atoms with van der Waals surface area (Å²) in [6.45, 7) is 4.74. The number of nitrogens with zero attached hydrogens (tertiary/aromatic N) is 2. The summed E-state index contributed by atoms with van der Waals surface area (Å²) in [5, 5.41) is 4.04. The average Bonchev–Trinajstić information content (AvgIpc) is 3.49. The Balaban J connectivity index is 1.63. The standard InChI is InChI=1S/C21H27N3O2/c1-2-12-26-16-6-5-11-24(14-16)20-13-18(21(25)22-15-9-10-15)17-7-3-4-8-19(17)23-20/h3-4,7-8,13,15-16H,2,5-6,9-12,14H2,1H3,(H,22,25)/t16-/m0/s1. The number of hydrogen-bond acceptors (Lipinski definition) is 4. The lowest BCUT2D eigenvalue weighted by atomic mass is 10.1. The summed E-state index contributed by atoms with van der Waals surface area (Å²) in [5.74, 6) is 0.901. The van der Waals surface area contributed by atoms with Crippen molar-refractivity contribution in [3.63, 3.8) is 0 Å². The average molecular weight is 353 g/mol. The molecule has 2 fully saturated rings. The van der Waals surface area contributed by atoms with Gasteiger partial charge in [-0.3, -0.25) is 4.79 Å². The number of hydrogen-bond donors (Lipinski definition) is 1. The second kappa shape index (κ2) is 7.62. The molecule has 0 radical (unpaired) electrons. The molecule has 4 rings (SSSR count). The van der Waals surface area contributed by atoms with Gasteiger partial charge in [-0.25, -0.2) is 4.98 Å². The predicted octanol–water partition coefficient (Wildman–Crippen LogP) is 3.52. The Labute approximate surface area is 154 Å². The third-order valence-electron chi connectivity index (χ3n) is 5.12. The SMILES string of the molecule is CCCO[C@H]1CCCN(c2cc(C(=O)NC3CC3)c3ccccc3n2)C1. The van der Waals surface area contributed by atoms with E-state index in [-0.39, 0.29) is 12.0 Å². The maximum atomic E-state index is 12.8. The number of fused-ring (bicyclic) bond motifs is 1. The lowest BCUT2D eigenvalue weighted by Gasteiger charge is -2.33. The third kappa shape index (κ3) is 3.83. The molecule has 0 spiro atoms. The fourth-order valence-corrected chi connectivity index (χ4v) is 3.57. The molecule has 1 amide bonds. The first-order chi connectivity index (χ1) is 12.7. The van der Waals surface area contributed by atoms with E-state index in [1.165, 1.54) is 0 Å². The highest BCUT2D eigenvalue weighted by atomic mass is 16.5. The van der Waals surface area contributed by atoms with Crippen LogP contribution in [-0.4, -0.2) is 42.7 Å². The number of carbonyl (C=O) groups excluding carboxylic acids is 1. The Kier molecular flexibility index (Phi) is 5.07. The molecule has 1 saturated carbocycles. The fourth-order valence-electron chi connectivity index (χ4n) is 3.57. The zero-order valence-corrected chi connectivity index (χ0v) is 15.4. The Morgan fingerprint density at radius 2 is 2.15 bits per heavy atom. The zero-order chi connectivity index (χ0) is 17.9. The van der Waals surface area contributed by atoms with Gasteiger partial charge in [-0.2, -0.15) is 0 Å². The van der Waals surface area contributed by atoms with E-state index < -0.39 is 0 Å². The highest BCUT2D eigenvalue weighted by Crippen LogP contribution is 2.27. The first-order valence-corrected chi connectivity index (χ1v) is 9.82. The van der Waals surface area contributed by atoms with E-state index in [4.69, 9.17) is 9.72 Å². The molecule has 2 aliphatic rings. The molecule has 1 saturated heterocycles. The fraction of sp³-hybridized carbons (Fsp3) is 0.524. The van der Waals surface area contributed by atoms with Crippen LogP contribution in [0.5, 0.6) is 0 Å². The summed E-state index contributed by atoms with van der Waals surface area (Å²) in [5.41, 5.74) is 1.61. The van der Waals surface area contributed by atoms with Crippen molar-refractivity contribution in [3.05, 3.63) is 35.9 Å². The molecular weight excluding hydrogens is 326 g/mol. The van der Waals surface area contributed by atoms with Gasteiger partial charge in [-0.05, 0) is 44.2 Å². The molecule has 26 heavy (non-hydrogen) atoms. The summed E-state index contributed by atoms with van der Waals surface area (Å²) < 4.78 is 5.96. The van der Waals surface area contributed by atoms with Gasteiger partial charge in [-0.15, -0.1) is 0 Å². The number of ether oxygens (including phenoxy) is 1. The van der Waals surface area contributed by atoms with Gasteiger partial charge >= 0.3 is 0 Å². The van der Waals surface area contributed by atoms with Gasteiger partial charge in [0.05, 0.1) is 17.2 Å². The topological polar surface area (TPSA) is 54.5 Å². The van der Waals surface area contributed by atoms with E-state index in [2.05, 4.69) is 17.1 Å². The molecule has 0 bridgehead atoms. The minimum absolute atomic E-state index is 0.0168. The van der Waals surface area contributed by atoms with E-state index in [1.807, 2.05) is 30.3 Å². The van der Waals surface area contributed by atoms with Crippen LogP contribution in [0.25, 0.3) is 10.9 Å². The third-order valence-corrected chi connectivity index (χ3v) is 5.12. The van der Waals surface area contributed by atoms with Crippen molar-refractivity contribution < 1.29 is 9.53 Å². The minimum atomic E-state index is 0.0168. The van der Waals surface area contributed by atoms with Crippen molar-refractivity contribution in [2.45, 2.75) is 51.2 Å². The lowest BCUT2D eigenvalue weighted by Crippen LogP contribution is -2.40. The second-order valence-corrected chi connectivity index (χ2v) is 7.37. The van der Waals surface area contributed by atoms with Gasteiger partial charge < -0.3 is 15.0 Å². The maximum Gasteiger partial charge on any atom is 0.252 e. The van der Waals surface area contributed by atoms with Gasteiger partial charge in [0, 0.05) is 31.1 Å². The Morgan fingerprint density at radius 3 is 2.96 bits per heavy atom. The van der Waals surface area contributed by atoms with Crippen molar-refractivity contribution in [2.24, 2.45) is 0 Å². The van der Waals surface area contributed by atoms with Gasteiger partial charge in [0.2, 0.25) is 0 Å². The van der Waals surface area contributed by atoms with Crippen molar-refractivity contribution in [2.75, 3.05) is 24.6 Å². The minimum Gasteiger partial charge on any atom is -0.376 e. The molecule has 1 aromatic heterocycles. The van der Waals surface area contributed by atoms with Crippen LogP contribution in [0.3, 0.4) is 0 Å². The second-order valence-electron chi connectivity index (χ2n) is 7.37. The van der Waals surface area contributed by atoms with Crippen LogP contribution in [0, 0.1) is 0 Å². The number of rotatable bonds is 6. The van der Waals surface area contributed by atoms with Crippen LogP contribution in [0.15, 0.2) is 30.3 Å². The van der Waals surface area contributed by atoms with Crippen molar-refractivity contribution >= 4 is 22.6 Å². The maximum absolute atomic E-state index is 12.8. The summed E-state index contributed by atoms with van der Waals surface area (Å²) in [7, 11) is 0. The molecule has 2 aromatic rings. The Morgan fingerprint density at radius 1 is 1.31 bits per heavy atom. The number of para-hydroxylation sites is 1. The molecular formula is C21H27N3O2. The summed E-state index contributed by atoms with van der Waals surface area (Å²) in [6, 6.07) is 10.2. The molecule has 5 heteroatoms. The highest BCUT2D eigenvalue weighted by Gasteiger charge is 2.26. The number of piperidine rings is 1. The van der Waals surface area contributed by atoms with E-state index in [9.17, 15) is 4.79 Å². The molecule has 5 nitrogen and oxygen atoms in total. The summed E-state index contributed by atoms with van der Waals surface area (Å²) in [6.07, 6.45) is 5.65. The number of anilines is 1. The number of amides is 1. The Bertz CT molecular complexity index is 788. The van der Waals surface area contributed by atoms with E-state index in [1.54, 1.807) is 0 Å². The van der Waals surface area contributed by atoms with E-state index in [0.29, 0.717) is 6.04 Å². The zero-order valence-electron chi connectivity index (χ0n) is 15.4. The van der Waals surface area contributed by atoms with Gasteiger partial charge in [0.15, 0.2) is 0 Å². The molecule has 0 unspecified atom stereocenters. The van der Waals surface area contributed by atoms with E-state index in [0.717, 1.165) is 74.1 Å². The monoisotopic (exact) mass is 353 g/mol. The molecule has 1 atom stereocenters. The molecule has 1 aliphatic heterocycles. The van der Waals surface area contributed by atoms with Gasteiger partial charge in [0.1, 0.15) is 5.82 Å². The smallest absolute Gasteiger partial charge is 0.252 e. The highest BCUT2D eigenvalue weighted by molar-refractivity contribution is 6.07. The van der Waals surface area contributed by atoms with Crippen LogP contribution < -0.4 is 10.2 Å². The molecule has 1 aliphatic carbocycles. The normalized spacial score (nSPS) is 20.3. The lowest BCUT2D eigenvalue weighted by molar-refractivity contribution is 0.0439. The number of benzene rings is 1. The van der Waals surface area contributed by atoms with Crippen molar-refractivity contribution in [1.29, 1.82) is 0 Å². The number of carbonyl (C=O) groups is 1. The molecule has 1 N–H and O–H groups in total. The molecule has 2 heterocycles. The Hall–Kier alpha value is -2.14. The van der Waals surface area contributed by atoms with Crippen LogP contribution in [-0.2, 0) is 4.74 Å². The number of pyridine rings is 1. The van der Waals surface area contributed by atoms with Crippen LogP contribution >= 0.6 is 0 Å². The van der Waals surface area contributed by atoms with Crippen LogP contribution in [0.1, 0.15) is 49.4 Å². The first kappa shape index (κ1) is 17.3. The van der Waals surface area contributed by atoms with Crippen molar-refractivity contribution in [1.82, 2.24) is 10.3 Å². The summed E-state index contributed by atoms with van der Waals surface area (Å²) >= 11 is 0. The summed E-state index contributed by atoms with van der Waals surface area (Å²) in [4.78, 5) is 19.9. The van der Waals surface area contributed by atoms with Gasteiger partial charge in [0.25, 0.3) is 5.91 Å². The molecule has 1 aromatic carbocycles. The van der Waals surface area contributed by atoms with Crippen LogP contribution in [0.2, 0.25) is 0 Å². The first-order valence-electron chi connectivity index (χ1n) is 9.82. The quantitative estimate of drug-likeness (QED) is 0.863. The number of nitrogens with one attached hydrogen (secondary N) is 1.